The van der Waals surface area contributed by atoms with E-state index in [0.29, 0.717) is 54.5 Å². The van der Waals surface area contributed by atoms with Gasteiger partial charge in [0.15, 0.2) is 11.6 Å². The molecule has 0 atom stereocenters. The molecular weight excluding hydrogens is 350 g/mol. The number of nitrogen functional groups attached to an aromatic ring is 1. The van der Waals surface area contributed by atoms with Gasteiger partial charge in [0, 0.05) is 13.1 Å². The zero-order chi connectivity index (χ0) is 19.4. The minimum absolute atomic E-state index is 0.339. The number of nitrogens with zero attached hydrogens (tertiary/aromatic N) is 3. The molecule has 1 aliphatic heterocycles. The van der Waals surface area contributed by atoms with Crippen LogP contribution in [0.2, 0.25) is 0 Å². The SMILES string of the molecule is COC(=O)c1ccccc1Nc1ncnc(N2CCC(C(=O)O)CC2)c1N. The number of hydrogen-bond acceptors (Lipinski definition) is 8. The van der Waals surface area contributed by atoms with Crippen LogP contribution in [-0.4, -0.2) is 47.2 Å². The molecule has 1 fully saturated rings. The number of esters is 1. The van der Waals surface area contributed by atoms with Crippen molar-refractivity contribution in [2.45, 2.75) is 12.8 Å². The minimum atomic E-state index is -0.771. The fraction of sp³-hybridized carbons (Fsp3) is 0.333. The van der Waals surface area contributed by atoms with Crippen molar-refractivity contribution in [3.05, 3.63) is 36.2 Å². The number of piperidine rings is 1. The van der Waals surface area contributed by atoms with Crippen LogP contribution in [0.15, 0.2) is 30.6 Å². The molecule has 0 saturated carbocycles. The first kappa shape index (κ1) is 18.4. The number of para-hydroxylation sites is 1. The van der Waals surface area contributed by atoms with E-state index in [1.807, 2.05) is 4.90 Å². The van der Waals surface area contributed by atoms with Gasteiger partial charge >= 0.3 is 11.9 Å². The zero-order valence-electron chi connectivity index (χ0n) is 14.9. The maximum atomic E-state index is 11.9. The Morgan fingerprint density at radius 3 is 2.63 bits per heavy atom. The second-order valence-corrected chi connectivity index (χ2v) is 6.22. The predicted octanol–water partition coefficient (Wildman–Crippen LogP) is 1.89. The second-order valence-electron chi connectivity index (χ2n) is 6.22. The standard InChI is InChI=1S/C18H21N5O4/c1-27-18(26)12-4-2-3-5-13(12)22-15-14(19)16(21-10-20-15)23-8-6-11(7-9-23)17(24)25/h2-5,10-11H,6-9,19H2,1H3,(H,24,25)(H,20,21,22). The largest absolute Gasteiger partial charge is 0.481 e. The monoisotopic (exact) mass is 371 g/mol. The lowest BCUT2D eigenvalue weighted by molar-refractivity contribution is -0.142. The number of anilines is 4. The molecule has 142 valence electrons. The molecule has 1 aliphatic rings. The van der Waals surface area contributed by atoms with Gasteiger partial charge in [-0.25, -0.2) is 14.8 Å². The number of ether oxygens (including phenoxy) is 1. The second kappa shape index (κ2) is 7.90. The molecule has 9 nitrogen and oxygen atoms in total. The third-order valence-corrected chi connectivity index (χ3v) is 4.59. The van der Waals surface area contributed by atoms with Gasteiger partial charge in [-0.2, -0.15) is 0 Å². The topological polar surface area (TPSA) is 131 Å². The highest BCUT2D eigenvalue weighted by molar-refractivity contribution is 5.97. The van der Waals surface area contributed by atoms with E-state index in [2.05, 4.69) is 15.3 Å². The molecule has 3 rings (SSSR count). The molecule has 9 heteroatoms. The van der Waals surface area contributed by atoms with Crippen LogP contribution in [0.4, 0.5) is 23.0 Å². The normalized spacial score (nSPS) is 14.6. The highest BCUT2D eigenvalue weighted by atomic mass is 16.5. The lowest BCUT2D eigenvalue weighted by atomic mass is 9.97. The van der Waals surface area contributed by atoms with Crippen LogP contribution in [0.25, 0.3) is 0 Å². The van der Waals surface area contributed by atoms with E-state index < -0.39 is 11.9 Å². The Balaban J connectivity index is 1.83. The number of carbonyl (C=O) groups excluding carboxylic acids is 1. The fourth-order valence-corrected chi connectivity index (χ4v) is 3.08. The van der Waals surface area contributed by atoms with Crippen molar-refractivity contribution in [3.8, 4) is 0 Å². The molecule has 0 unspecified atom stereocenters. The molecule has 1 aromatic heterocycles. The van der Waals surface area contributed by atoms with Crippen molar-refractivity contribution in [2.24, 2.45) is 5.92 Å². The summed E-state index contributed by atoms with van der Waals surface area (Å²) in [5.41, 5.74) is 7.47. The predicted molar refractivity (Wildman–Crippen MR) is 100 cm³/mol. The molecule has 0 bridgehead atoms. The van der Waals surface area contributed by atoms with Gasteiger partial charge in [-0.15, -0.1) is 0 Å². The molecule has 4 N–H and O–H groups in total. The number of rotatable bonds is 5. The molecule has 0 aliphatic carbocycles. The third kappa shape index (κ3) is 3.91. The molecule has 2 aromatic rings. The van der Waals surface area contributed by atoms with Gasteiger partial charge in [-0.1, -0.05) is 12.1 Å². The Hall–Kier alpha value is -3.36. The van der Waals surface area contributed by atoms with E-state index in [9.17, 15) is 9.59 Å². The van der Waals surface area contributed by atoms with Gasteiger partial charge < -0.3 is 25.8 Å². The van der Waals surface area contributed by atoms with Gasteiger partial charge in [-0.05, 0) is 25.0 Å². The lowest BCUT2D eigenvalue weighted by Gasteiger charge is -2.31. The molecule has 27 heavy (non-hydrogen) atoms. The van der Waals surface area contributed by atoms with E-state index in [1.165, 1.54) is 13.4 Å². The van der Waals surface area contributed by atoms with Crippen LogP contribution in [0.5, 0.6) is 0 Å². The lowest BCUT2D eigenvalue weighted by Crippen LogP contribution is -2.37. The number of hydrogen-bond donors (Lipinski definition) is 3. The van der Waals surface area contributed by atoms with Crippen LogP contribution in [0.1, 0.15) is 23.2 Å². The van der Waals surface area contributed by atoms with Crippen molar-refractivity contribution in [2.75, 3.05) is 36.1 Å². The summed E-state index contributed by atoms with van der Waals surface area (Å²) in [5, 5.41) is 12.2. The van der Waals surface area contributed by atoms with Crippen molar-refractivity contribution < 1.29 is 19.4 Å². The van der Waals surface area contributed by atoms with Crippen molar-refractivity contribution >= 4 is 34.9 Å². The molecule has 2 heterocycles. The number of aliphatic carboxylic acids is 1. The van der Waals surface area contributed by atoms with Crippen LogP contribution < -0.4 is 16.0 Å². The van der Waals surface area contributed by atoms with E-state index in [-0.39, 0.29) is 5.92 Å². The summed E-state index contributed by atoms with van der Waals surface area (Å²) in [7, 11) is 1.32. The first-order valence-electron chi connectivity index (χ1n) is 8.54. The molecule has 0 amide bonds. The summed E-state index contributed by atoms with van der Waals surface area (Å²) in [6, 6.07) is 6.89. The summed E-state index contributed by atoms with van der Waals surface area (Å²) >= 11 is 0. The number of aromatic nitrogens is 2. The Morgan fingerprint density at radius 2 is 1.96 bits per heavy atom. The van der Waals surface area contributed by atoms with Crippen LogP contribution >= 0.6 is 0 Å². The zero-order valence-corrected chi connectivity index (χ0v) is 14.9. The van der Waals surface area contributed by atoms with Gasteiger partial charge in [0.1, 0.15) is 12.0 Å². The highest BCUT2D eigenvalue weighted by Crippen LogP contribution is 2.32. The Kier molecular flexibility index (Phi) is 5.39. The van der Waals surface area contributed by atoms with Crippen LogP contribution in [-0.2, 0) is 9.53 Å². The molecule has 1 saturated heterocycles. The number of methoxy groups -OCH3 is 1. The van der Waals surface area contributed by atoms with E-state index in [4.69, 9.17) is 15.6 Å². The quantitative estimate of drug-likeness (QED) is 0.674. The Labute approximate surface area is 156 Å². The summed E-state index contributed by atoms with van der Waals surface area (Å²) in [5.74, 6) is -0.661. The Bertz CT molecular complexity index is 849. The van der Waals surface area contributed by atoms with E-state index in [1.54, 1.807) is 24.3 Å². The van der Waals surface area contributed by atoms with Crippen molar-refractivity contribution in [1.29, 1.82) is 0 Å². The summed E-state index contributed by atoms with van der Waals surface area (Å²) < 4.78 is 4.79. The maximum absolute atomic E-state index is 11.9. The van der Waals surface area contributed by atoms with Crippen molar-refractivity contribution in [3.63, 3.8) is 0 Å². The molecule has 0 radical (unpaired) electrons. The molecule has 1 aromatic carbocycles. The maximum Gasteiger partial charge on any atom is 0.339 e. The average Bonchev–Trinajstić information content (AvgIpc) is 2.69. The first-order chi connectivity index (χ1) is 13.0. The van der Waals surface area contributed by atoms with E-state index >= 15 is 0 Å². The minimum Gasteiger partial charge on any atom is -0.481 e. The fourth-order valence-electron chi connectivity index (χ4n) is 3.08. The van der Waals surface area contributed by atoms with Crippen molar-refractivity contribution in [1.82, 2.24) is 9.97 Å². The third-order valence-electron chi connectivity index (χ3n) is 4.59. The summed E-state index contributed by atoms with van der Waals surface area (Å²) in [6.45, 7) is 1.10. The number of carbonyl (C=O) groups is 2. The smallest absolute Gasteiger partial charge is 0.339 e. The van der Waals surface area contributed by atoms with Crippen LogP contribution in [0, 0.1) is 5.92 Å². The highest BCUT2D eigenvalue weighted by Gasteiger charge is 2.26. The van der Waals surface area contributed by atoms with Gasteiger partial charge in [0.25, 0.3) is 0 Å². The number of nitrogens with one attached hydrogen (secondary N) is 1. The summed E-state index contributed by atoms with van der Waals surface area (Å²) in [4.78, 5) is 33.4. The number of carboxylic acids is 1. The number of carboxylic acid groups (broad SMARTS) is 1. The molecular formula is C18H21N5O4. The number of benzene rings is 1. The first-order valence-corrected chi connectivity index (χ1v) is 8.54. The average molecular weight is 371 g/mol. The Morgan fingerprint density at radius 1 is 1.26 bits per heavy atom. The van der Waals surface area contributed by atoms with Gasteiger partial charge in [0.05, 0.1) is 24.3 Å². The van der Waals surface area contributed by atoms with Gasteiger partial charge in [-0.3, -0.25) is 4.79 Å². The van der Waals surface area contributed by atoms with Crippen LogP contribution in [0.3, 0.4) is 0 Å². The van der Waals surface area contributed by atoms with Gasteiger partial charge in [0.2, 0.25) is 0 Å². The number of nitrogens with two attached hydrogens (primary N) is 1. The van der Waals surface area contributed by atoms with E-state index in [0.717, 1.165) is 0 Å². The summed E-state index contributed by atoms with van der Waals surface area (Å²) in [6.07, 6.45) is 2.46. The molecule has 0 spiro atoms.